The van der Waals surface area contributed by atoms with E-state index in [-0.39, 0.29) is 0 Å². The fourth-order valence-corrected chi connectivity index (χ4v) is 3.57. The summed E-state index contributed by atoms with van der Waals surface area (Å²) in [7, 11) is 0. The van der Waals surface area contributed by atoms with Gasteiger partial charge in [-0.15, -0.1) is 0 Å². The molecule has 0 saturated carbocycles. The molecule has 0 rings (SSSR count). The quantitative estimate of drug-likeness (QED) is 0.252. The number of rotatable bonds is 16. The first-order valence-corrected chi connectivity index (χ1v) is 10.3. The largest absolute Gasteiger partial charge is 0.0654 e. The topological polar surface area (TPSA) is 0 Å². The second-order valence-corrected chi connectivity index (χ2v) is 7.22. The third-order valence-electron chi connectivity index (χ3n) is 5.14. The van der Waals surface area contributed by atoms with Crippen molar-refractivity contribution in [3.63, 3.8) is 0 Å². The first-order chi connectivity index (χ1) is 10.3. The molecule has 0 aromatic rings. The summed E-state index contributed by atoms with van der Waals surface area (Å²) in [5.41, 5.74) is 0. The molecule has 0 saturated heterocycles. The molecule has 0 heterocycles. The Balaban J connectivity index is 4.06. The van der Waals surface area contributed by atoms with Crippen molar-refractivity contribution < 1.29 is 0 Å². The van der Waals surface area contributed by atoms with E-state index in [0.29, 0.717) is 0 Å². The first-order valence-electron chi connectivity index (χ1n) is 10.3. The van der Waals surface area contributed by atoms with Gasteiger partial charge in [-0.05, 0) is 18.3 Å². The zero-order chi connectivity index (χ0) is 15.8. The maximum absolute atomic E-state index is 2.41. The Hall–Kier alpha value is 0. The minimum atomic E-state index is 1.01. The summed E-state index contributed by atoms with van der Waals surface area (Å²) in [6.45, 7) is 9.38. The van der Waals surface area contributed by atoms with Gasteiger partial charge < -0.3 is 0 Å². The number of unbranched alkanes of at least 4 members (excludes halogenated alkanes) is 7. The van der Waals surface area contributed by atoms with E-state index in [4.69, 9.17) is 0 Å². The van der Waals surface area contributed by atoms with Crippen LogP contribution in [0.15, 0.2) is 0 Å². The summed E-state index contributed by atoms with van der Waals surface area (Å²) in [5.74, 6) is 2.04. The summed E-state index contributed by atoms with van der Waals surface area (Å²) < 4.78 is 0. The summed E-state index contributed by atoms with van der Waals surface area (Å²) in [6.07, 6.45) is 21.7. The molecule has 0 nitrogen and oxygen atoms in total. The molecule has 0 amide bonds. The van der Waals surface area contributed by atoms with Crippen LogP contribution < -0.4 is 0 Å². The van der Waals surface area contributed by atoms with Crippen molar-refractivity contribution in [1.29, 1.82) is 0 Å². The Morgan fingerprint density at radius 1 is 0.476 bits per heavy atom. The van der Waals surface area contributed by atoms with Crippen molar-refractivity contribution in [3.05, 3.63) is 0 Å². The van der Waals surface area contributed by atoms with Gasteiger partial charge in [-0.3, -0.25) is 0 Å². The highest BCUT2D eigenvalue weighted by molar-refractivity contribution is 4.67. The van der Waals surface area contributed by atoms with Gasteiger partial charge in [0.25, 0.3) is 0 Å². The smallest absolute Gasteiger partial charge is 0.0412 e. The maximum atomic E-state index is 2.41. The molecule has 0 fully saturated rings. The Morgan fingerprint density at radius 2 is 0.905 bits per heavy atom. The molecule has 0 aromatic heterocycles. The molecule has 0 spiro atoms. The van der Waals surface area contributed by atoms with Crippen LogP contribution in [0, 0.1) is 11.8 Å². The van der Waals surface area contributed by atoms with E-state index in [2.05, 4.69) is 27.7 Å². The van der Waals surface area contributed by atoms with E-state index < -0.39 is 0 Å². The van der Waals surface area contributed by atoms with Crippen LogP contribution in [0.25, 0.3) is 0 Å². The summed E-state index contributed by atoms with van der Waals surface area (Å²) in [6, 6.07) is 0. The van der Waals surface area contributed by atoms with E-state index in [0.717, 1.165) is 11.8 Å². The molecule has 0 radical (unpaired) electrons. The molecule has 0 N–H and O–H groups in total. The van der Waals surface area contributed by atoms with Crippen molar-refractivity contribution in [2.24, 2.45) is 11.8 Å². The van der Waals surface area contributed by atoms with Gasteiger partial charge in [0.05, 0.1) is 0 Å². The molecular weight excluding hydrogens is 252 g/mol. The molecular formula is C21H44. The fraction of sp³-hybridized carbons (Fsp3) is 1.00. The van der Waals surface area contributed by atoms with Gasteiger partial charge in [-0.2, -0.15) is 0 Å². The highest BCUT2D eigenvalue weighted by atomic mass is 14.2. The van der Waals surface area contributed by atoms with Crippen molar-refractivity contribution >= 4 is 0 Å². The van der Waals surface area contributed by atoms with E-state index >= 15 is 0 Å². The predicted molar refractivity (Wildman–Crippen MR) is 98.9 cm³/mol. The summed E-state index contributed by atoms with van der Waals surface area (Å²) in [4.78, 5) is 0. The Kier molecular flexibility index (Phi) is 16.4. The van der Waals surface area contributed by atoms with Gasteiger partial charge in [0.1, 0.15) is 0 Å². The van der Waals surface area contributed by atoms with Gasteiger partial charge in [0.15, 0.2) is 0 Å². The minimum absolute atomic E-state index is 1.01. The predicted octanol–water partition coefficient (Wildman–Crippen LogP) is 8.15. The Labute approximate surface area is 136 Å². The highest BCUT2D eigenvalue weighted by Gasteiger charge is 2.15. The van der Waals surface area contributed by atoms with E-state index in [9.17, 15) is 0 Å². The standard InChI is InChI=1S/C21H44/c1-5-9-12-15-18-21(17-14-11-7-3)19-20(8-4)16-13-10-6-2/h20-21H,5-19H2,1-4H3. The van der Waals surface area contributed by atoms with Crippen molar-refractivity contribution in [2.75, 3.05) is 0 Å². The van der Waals surface area contributed by atoms with Gasteiger partial charge in [0.2, 0.25) is 0 Å². The molecule has 0 aromatic carbocycles. The highest BCUT2D eigenvalue weighted by Crippen LogP contribution is 2.29. The minimum Gasteiger partial charge on any atom is -0.0654 e. The zero-order valence-electron chi connectivity index (χ0n) is 15.8. The lowest BCUT2D eigenvalue weighted by atomic mass is 9.83. The van der Waals surface area contributed by atoms with Crippen LogP contribution in [-0.4, -0.2) is 0 Å². The number of hydrogen-bond acceptors (Lipinski definition) is 0. The Morgan fingerprint density at radius 3 is 1.38 bits per heavy atom. The third-order valence-corrected chi connectivity index (χ3v) is 5.14. The van der Waals surface area contributed by atoms with Crippen LogP contribution in [-0.2, 0) is 0 Å². The normalized spacial score (nSPS) is 14.3. The van der Waals surface area contributed by atoms with Gasteiger partial charge >= 0.3 is 0 Å². The van der Waals surface area contributed by atoms with Crippen LogP contribution in [0.5, 0.6) is 0 Å². The SMILES string of the molecule is CCCCCCC(CCCCC)CC(CC)CCCCC. The van der Waals surface area contributed by atoms with Crippen LogP contribution >= 0.6 is 0 Å². The monoisotopic (exact) mass is 296 g/mol. The van der Waals surface area contributed by atoms with Gasteiger partial charge in [-0.1, -0.05) is 118 Å². The third kappa shape index (κ3) is 13.4. The van der Waals surface area contributed by atoms with Crippen molar-refractivity contribution in [1.82, 2.24) is 0 Å². The average Bonchev–Trinajstić information content (AvgIpc) is 2.50. The molecule has 2 atom stereocenters. The maximum Gasteiger partial charge on any atom is -0.0412 e. The molecule has 128 valence electrons. The summed E-state index contributed by atoms with van der Waals surface area (Å²) in [5, 5.41) is 0. The zero-order valence-corrected chi connectivity index (χ0v) is 15.8. The molecule has 0 aliphatic heterocycles. The molecule has 21 heavy (non-hydrogen) atoms. The van der Waals surface area contributed by atoms with Gasteiger partial charge in [0, 0.05) is 0 Å². The van der Waals surface area contributed by atoms with E-state index in [1.807, 2.05) is 0 Å². The molecule has 2 unspecified atom stereocenters. The molecule has 0 aliphatic carbocycles. The molecule has 0 heteroatoms. The lowest BCUT2D eigenvalue weighted by Gasteiger charge is -2.23. The fourth-order valence-electron chi connectivity index (χ4n) is 3.57. The lowest BCUT2D eigenvalue weighted by molar-refractivity contribution is 0.295. The van der Waals surface area contributed by atoms with E-state index in [1.165, 1.54) is 96.3 Å². The second-order valence-electron chi connectivity index (χ2n) is 7.22. The van der Waals surface area contributed by atoms with Crippen LogP contribution in [0.3, 0.4) is 0 Å². The second kappa shape index (κ2) is 16.4. The van der Waals surface area contributed by atoms with Crippen LogP contribution in [0.2, 0.25) is 0 Å². The molecule has 0 aliphatic rings. The average molecular weight is 297 g/mol. The van der Waals surface area contributed by atoms with E-state index in [1.54, 1.807) is 0 Å². The van der Waals surface area contributed by atoms with Gasteiger partial charge in [-0.25, -0.2) is 0 Å². The first kappa shape index (κ1) is 21.0. The Bertz CT molecular complexity index is 184. The van der Waals surface area contributed by atoms with Crippen LogP contribution in [0.4, 0.5) is 0 Å². The lowest BCUT2D eigenvalue weighted by Crippen LogP contribution is -2.09. The summed E-state index contributed by atoms with van der Waals surface area (Å²) >= 11 is 0. The van der Waals surface area contributed by atoms with Crippen LogP contribution in [0.1, 0.15) is 124 Å². The number of hydrogen-bond donors (Lipinski definition) is 0. The molecule has 0 bridgehead atoms. The van der Waals surface area contributed by atoms with Crippen molar-refractivity contribution in [3.8, 4) is 0 Å². The van der Waals surface area contributed by atoms with Crippen molar-refractivity contribution in [2.45, 2.75) is 124 Å².